The fourth-order valence-corrected chi connectivity index (χ4v) is 1.64. The highest BCUT2D eigenvalue weighted by molar-refractivity contribution is 5.74. The molecule has 0 amide bonds. The summed E-state index contributed by atoms with van der Waals surface area (Å²) in [5.74, 6) is -2.86. The predicted octanol–water partition coefficient (Wildman–Crippen LogP) is 2.47. The van der Waals surface area contributed by atoms with E-state index >= 15 is 0 Å². The van der Waals surface area contributed by atoms with E-state index in [0.717, 1.165) is 12.8 Å². The van der Waals surface area contributed by atoms with E-state index in [-0.39, 0.29) is 12.8 Å². The van der Waals surface area contributed by atoms with Crippen LogP contribution in [-0.4, -0.2) is 39.3 Å². The number of hydrogen-bond donors (Lipinski definition) is 4. The van der Waals surface area contributed by atoms with Crippen LogP contribution in [0.5, 0.6) is 0 Å². The van der Waals surface area contributed by atoms with Crippen LogP contribution in [0.4, 0.5) is 0 Å². The first kappa shape index (κ1) is 22.6. The lowest BCUT2D eigenvalue weighted by atomic mass is 10.1. The topological polar surface area (TPSA) is 138 Å². The largest absolute Gasteiger partial charge is 0.481 e. The Bertz CT molecular complexity index is 319. The molecular formula is C15H29NO6. The maximum atomic E-state index is 10.1. The van der Waals surface area contributed by atoms with Gasteiger partial charge >= 0.3 is 17.9 Å². The van der Waals surface area contributed by atoms with Gasteiger partial charge in [-0.3, -0.25) is 14.4 Å². The molecule has 0 aliphatic carbocycles. The lowest BCUT2D eigenvalue weighted by Crippen LogP contribution is -2.30. The Balaban J connectivity index is 0. The lowest BCUT2D eigenvalue weighted by molar-refractivity contribution is -0.140. The number of unbranched alkanes of at least 4 members (excludes halogenated alkanes) is 6. The van der Waals surface area contributed by atoms with Crippen molar-refractivity contribution in [2.24, 2.45) is 5.73 Å². The van der Waals surface area contributed by atoms with Gasteiger partial charge in [0.1, 0.15) is 6.04 Å². The molecule has 0 aromatic carbocycles. The quantitative estimate of drug-likeness (QED) is 0.405. The van der Waals surface area contributed by atoms with Gasteiger partial charge in [0.15, 0.2) is 0 Å². The summed E-state index contributed by atoms with van der Waals surface area (Å²) in [6, 6.07) is -1.06. The number of carboxylic acids is 3. The van der Waals surface area contributed by atoms with Crippen LogP contribution in [-0.2, 0) is 14.4 Å². The zero-order valence-corrected chi connectivity index (χ0v) is 13.3. The Labute approximate surface area is 131 Å². The molecule has 0 heterocycles. The maximum Gasteiger partial charge on any atom is 0.320 e. The van der Waals surface area contributed by atoms with Gasteiger partial charge in [0.05, 0.1) is 0 Å². The van der Waals surface area contributed by atoms with Crippen molar-refractivity contribution >= 4 is 17.9 Å². The molecule has 0 aromatic rings. The third kappa shape index (κ3) is 20.7. The standard InChI is InChI=1S/C10H20O2.C5H9NO4/c1-2-3-4-5-6-7-8-9-10(11)12;6-3(5(9)10)1-2-4(7)8/h2-9H2,1H3,(H,11,12);3H,1-2,6H2,(H,7,8)(H,9,10)/t;3-/m.0/s1. The molecule has 0 unspecified atom stereocenters. The fraction of sp³-hybridized carbons (Fsp3) is 0.800. The molecule has 0 saturated heterocycles. The molecule has 0 fully saturated rings. The Morgan fingerprint density at radius 1 is 0.818 bits per heavy atom. The van der Waals surface area contributed by atoms with Gasteiger partial charge in [-0.1, -0.05) is 45.4 Å². The number of carbonyl (C=O) groups is 3. The van der Waals surface area contributed by atoms with E-state index < -0.39 is 23.9 Å². The van der Waals surface area contributed by atoms with E-state index in [0.29, 0.717) is 6.42 Å². The van der Waals surface area contributed by atoms with Gasteiger partial charge in [0.25, 0.3) is 0 Å². The number of carboxylic acid groups (broad SMARTS) is 3. The van der Waals surface area contributed by atoms with Crippen LogP contribution < -0.4 is 5.73 Å². The molecule has 22 heavy (non-hydrogen) atoms. The SMILES string of the molecule is CCCCCCCCCC(=O)O.N[C@@H](CCC(=O)O)C(=O)O. The predicted molar refractivity (Wildman–Crippen MR) is 82.7 cm³/mol. The van der Waals surface area contributed by atoms with E-state index in [2.05, 4.69) is 6.92 Å². The molecule has 0 spiro atoms. The molecule has 0 aliphatic heterocycles. The van der Waals surface area contributed by atoms with Crippen molar-refractivity contribution in [1.29, 1.82) is 0 Å². The second-order valence-electron chi connectivity index (χ2n) is 5.14. The fourth-order valence-electron chi connectivity index (χ4n) is 1.64. The first-order valence-corrected chi connectivity index (χ1v) is 7.73. The monoisotopic (exact) mass is 319 g/mol. The van der Waals surface area contributed by atoms with Crippen molar-refractivity contribution in [3.8, 4) is 0 Å². The van der Waals surface area contributed by atoms with Crippen molar-refractivity contribution in [1.82, 2.24) is 0 Å². The molecule has 130 valence electrons. The molecule has 7 heteroatoms. The van der Waals surface area contributed by atoms with Crippen molar-refractivity contribution in [2.45, 2.75) is 77.2 Å². The maximum absolute atomic E-state index is 10.1. The van der Waals surface area contributed by atoms with Crippen molar-refractivity contribution in [3.63, 3.8) is 0 Å². The Kier molecular flexibility index (Phi) is 16.2. The van der Waals surface area contributed by atoms with Crippen LogP contribution in [0.15, 0.2) is 0 Å². The molecule has 0 aliphatic rings. The van der Waals surface area contributed by atoms with E-state index in [1.807, 2.05) is 0 Å². The van der Waals surface area contributed by atoms with Gasteiger partial charge in [-0.05, 0) is 12.8 Å². The lowest BCUT2D eigenvalue weighted by Gasteiger charge is -2.01. The highest BCUT2D eigenvalue weighted by Gasteiger charge is 2.12. The molecule has 7 nitrogen and oxygen atoms in total. The van der Waals surface area contributed by atoms with Gasteiger partial charge in [0, 0.05) is 12.8 Å². The van der Waals surface area contributed by atoms with Gasteiger partial charge in [0.2, 0.25) is 0 Å². The Hall–Kier alpha value is -1.63. The zero-order chi connectivity index (χ0) is 17.4. The summed E-state index contributed by atoms with van der Waals surface area (Å²) in [6.07, 6.45) is 8.42. The Morgan fingerprint density at radius 3 is 1.68 bits per heavy atom. The summed E-state index contributed by atoms with van der Waals surface area (Å²) in [4.78, 5) is 30.0. The molecule has 1 atom stereocenters. The molecular weight excluding hydrogens is 290 g/mol. The van der Waals surface area contributed by atoms with Crippen molar-refractivity contribution < 1.29 is 29.7 Å². The van der Waals surface area contributed by atoms with Crippen LogP contribution >= 0.6 is 0 Å². The molecule has 0 rings (SSSR count). The minimum Gasteiger partial charge on any atom is -0.481 e. The highest BCUT2D eigenvalue weighted by atomic mass is 16.4. The summed E-state index contributed by atoms with van der Waals surface area (Å²) in [5.41, 5.74) is 5.00. The summed E-state index contributed by atoms with van der Waals surface area (Å²) in [7, 11) is 0. The van der Waals surface area contributed by atoms with E-state index in [4.69, 9.17) is 21.1 Å². The number of aliphatic carboxylic acids is 3. The average molecular weight is 319 g/mol. The molecule has 0 bridgehead atoms. The third-order valence-corrected chi connectivity index (χ3v) is 2.98. The van der Waals surface area contributed by atoms with Gasteiger partial charge in [-0.15, -0.1) is 0 Å². The van der Waals surface area contributed by atoms with Crippen molar-refractivity contribution in [2.75, 3.05) is 0 Å². The normalized spacial score (nSPS) is 11.2. The summed E-state index contributed by atoms with van der Waals surface area (Å²) >= 11 is 0. The van der Waals surface area contributed by atoms with Gasteiger partial charge in [-0.2, -0.15) is 0 Å². The second kappa shape index (κ2) is 15.8. The van der Waals surface area contributed by atoms with Gasteiger partial charge in [-0.25, -0.2) is 0 Å². The number of hydrogen-bond acceptors (Lipinski definition) is 4. The summed E-state index contributed by atoms with van der Waals surface area (Å²) in [6.45, 7) is 2.20. The van der Waals surface area contributed by atoms with E-state index in [1.165, 1.54) is 32.1 Å². The zero-order valence-electron chi connectivity index (χ0n) is 13.3. The molecule has 0 radical (unpaired) electrons. The van der Waals surface area contributed by atoms with E-state index in [9.17, 15) is 14.4 Å². The first-order valence-electron chi connectivity index (χ1n) is 7.73. The third-order valence-electron chi connectivity index (χ3n) is 2.98. The second-order valence-corrected chi connectivity index (χ2v) is 5.14. The molecule has 5 N–H and O–H groups in total. The minimum atomic E-state index is -1.17. The number of rotatable bonds is 12. The summed E-state index contributed by atoms with van der Waals surface area (Å²) in [5, 5.41) is 24.6. The molecule has 0 saturated carbocycles. The van der Waals surface area contributed by atoms with Crippen LogP contribution in [0.3, 0.4) is 0 Å². The van der Waals surface area contributed by atoms with Crippen LogP contribution in [0.2, 0.25) is 0 Å². The minimum absolute atomic E-state index is 0.0231. The van der Waals surface area contributed by atoms with Gasteiger partial charge < -0.3 is 21.1 Å². The van der Waals surface area contributed by atoms with Crippen molar-refractivity contribution in [3.05, 3.63) is 0 Å². The summed E-state index contributed by atoms with van der Waals surface area (Å²) < 4.78 is 0. The smallest absolute Gasteiger partial charge is 0.320 e. The molecule has 0 aromatic heterocycles. The van der Waals surface area contributed by atoms with Crippen LogP contribution in [0.1, 0.15) is 71.1 Å². The number of nitrogens with two attached hydrogens (primary N) is 1. The van der Waals surface area contributed by atoms with E-state index in [1.54, 1.807) is 0 Å². The Morgan fingerprint density at radius 2 is 1.27 bits per heavy atom. The average Bonchev–Trinajstić information content (AvgIpc) is 2.44. The first-order chi connectivity index (χ1) is 10.3. The highest BCUT2D eigenvalue weighted by Crippen LogP contribution is 2.07. The van der Waals surface area contributed by atoms with Crippen LogP contribution in [0, 0.1) is 0 Å². The van der Waals surface area contributed by atoms with Crippen LogP contribution in [0.25, 0.3) is 0 Å².